The Morgan fingerprint density at radius 1 is 0.609 bits per heavy atom. The molecule has 0 aromatic rings. The first-order chi connectivity index (χ1) is 7.77. The number of hydrogen-bond donors (Lipinski definition) is 1. The molecule has 0 unspecified atom stereocenters. The van der Waals surface area contributed by atoms with Crippen LogP contribution in [0.3, 0.4) is 0 Å². The summed E-state index contributed by atoms with van der Waals surface area (Å²) in [4.78, 5) is 10.3. The third-order valence-electron chi connectivity index (χ3n) is 2.99. The van der Waals surface area contributed by atoms with Gasteiger partial charge in [-0.1, -0.05) is 71.1 Å². The van der Waals surface area contributed by atoms with Gasteiger partial charge in [0, 0.05) is 41.1 Å². The number of unbranched alkanes of at least 4 members (excludes halogenated alkanes) is 10. The number of carboxylic acid groups (broad SMARTS) is 1. The topological polar surface area (TPSA) is 195 Å². The van der Waals surface area contributed by atoms with E-state index in [0.29, 0.717) is 6.42 Å². The van der Waals surface area contributed by atoms with Crippen LogP contribution in [0.1, 0.15) is 84.0 Å². The average Bonchev–Trinajstić information content (AvgIpc) is 2.25. The predicted molar refractivity (Wildman–Crippen MR) is 86.8 cm³/mol. The molecule has 7 nitrogen and oxygen atoms in total. The van der Waals surface area contributed by atoms with Gasteiger partial charge in [-0.05, 0) is 6.42 Å². The zero-order chi connectivity index (χ0) is 12.1. The Hall–Kier alpha value is 0.335. The van der Waals surface area contributed by atoms with Crippen molar-refractivity contribution < 1.29 is 72.0 Å². The van der Waals surface area contributed by atoms with Gasteiger partial charge in [-0.3, -0.25) is 4.79 Å². The van der Waals surface area contributed by atoms with Gasteiger partial charge in [0.25, 0.3) is 0 Å². The summed E-state index contributed by atoms with van der Waals surface area (Å²) in [6, 6.07) is 0. The first-order valence-corrected chi connectivity index (χ1v) is 6.99. The third-order valence-corrected chi connectivity index (χ3v) is 2.99. The van der Waals surface area contributed by atoms with Crippen molar-refractivity contribution in [3.63, 3.8) is 0 Å². The number of aliphatic carboxylic acids is 1. The molecule has 0 saturated carbocycles. The molecular weight excluding hydrogens is 384 g/mol. The smallest absolute Gasteiger partial charge is 0.303 e. The van der Waals surface area contributed by atoms with E-state index in [-0.39, 0.29) is 62.1 Å². The third kappa shape index (κ3) is 51.9. The van der Waals surface area contributed by atoms with E-state index in [2.05, 4.69) is 6.92 Å². The van der Waals surface area contributed by atoms with Crippen molar-refractivity contribution in [2.75, 3.05) is 0 Å². The second-order valence-corrected chi connectivity index (χ2v) is 4.68. The Morgan fingerprint density at radius 3 is 1.13 bits per heavy atom. The van der Waals surface area contributed by atoms with Gasteiger partial charge in [-0.2, -0.15) is 0 Å². The number of carbonyl (C=O) groups is 1. The quantitative estimate of drug-likeness (QED) is 0.451. The van der Waals surface area contributed by atoms with Gasteiger partial charge < -0.3 is 32.5 Å². The molecule has 0 rings (SSSR count). The number of hydrogen-bond acceptors (Lipinski definition) is 1. The summed E-state index contributed by atoms with van der Waals surface area (Å²) in [5.41, 5.74) is 0. The van der Waals surface area contributed by atoms with Crippen LogP contribution in [0.5, 0.6) is 0 Å². The van der Waals surface area contributed by atoms with Crippen LogP contribution in [-0.2, 0) is 39.5 Å². The molecule has 0 atom stereocenters. The maximum absolute atomic E-state index is 10.3. The van der Waals surface area contributed by atoms with E-state index in [1.807, 2.05) is 0 Å². The molecule has 0 aromatic carbocycles. The molecule has 0 amide bonds. The summed E-state index contributed by atoms with van der Waals surface area (Å²) in [6.07, 6.45) is 14.4. The van der Waals surface area contributed by atoms with E-state index in [1.165, 1.54) is 57.8 Å². The van der Waals surface area contributed by atoms with Gasteiger partial charge in [0.05, 0.1) is 0 Å². The zero-order valence-electron chi connectivity index (χ0n) is 14.2. The second kappa shape index (κ2) is 43.2. The fourth-order valence-corrected chi connectivity index (χ4v) is 1.94. The molecule has 9 heteroatoms. The molecule has 0 aromatic heterocycles. The largest absolute Gasteiger partial charge is 0.481 e. The van der Waals surface area contributed by atoms with Crippen molar-refractivity contribution >= 4 is 5.97 Å². The Morgan fingerprint density at radius 2 is 0.870 bits per heavy atom. The molecular formula is C14H38Cr2O7. The van der Waals surface area contributed by atoms with E-state index >= 15 is 0 Å². The van der Waals surface area contributed by atoms with Gasteiger partial charge in [0.1, 0.15) is 0 Å². The average molecular weight is 422 g/mol. The Kier molecular flexibility index (Phi) is 93.0. The maximum Gasteiger partial charge on any atom is 0.303 e. The maximum atomic E-state index is 10.3. The van der Waals surface area contributed by atoms with Crippen molar-refractivity contribution in [3.05, 3.63) is 0 Å². The van der Waals surface area contributed by atoms with Crippen LogP contribution in [0.2, 0.25) is 0 Å². The minimum Gasteiger partial charge on any atom is -0.481 e. The summed E-state index contributed by atoms with van der Waals surface area (Å²) in [5, 5.41) is 8.46. The van der Waals surface area contributed by atoms with Gasteiger partial charge >= 0.3 is 5.97 Å². The van der Waals surface area contributed by atoms with E-state index < -0.39 is 5.97 Å². The normalized spacial score (nSPS) is 7.35. The molecule has 0 spiro atoms. The van der Waals surface area contributed by atoms with Crippen LogP contribution in [0, 0.1) is 0 Å². The fraction of sp³-hybridized carbons (Fsp3) is 0.929. The number of carboxylic acids is 1. The van der Waals surface area contributed by atoms with Gasteiger partial charge in [-0.15, -0.1) is 0 Å². The molecule has 0 aliphatic rings. The monoisotopic (exact) mass is 422 g/mol. The minimum absolute atomic E-state index is 0. The summed E-state index contributed by atoms with van der Waals surface area (Å²) in [7, 11) is 0. The van der Waals surface area contributed by atoms with Crippen LogP contribution >= 0.6 is 0 Å². The van der Waals surface area contributed by atoms with Crippen LogP contribution < -0.4 is 0 Å². The van der Waals surface area contributed by atoms with Gasteiger partial charge in [0.2, 0.25) is 0 Å². The van der Waals surface area contributed by atoms with Gasteiger partial charge in [0.15, 0.2) is 0 Å². The van der Waals surface area contributed by atoms with Crippen molar-refractivity contribution in [2.24, 2.45) is 0 Å². The van der Waals surface area contributed by atoms with E-state index in [0.717, 1.165) is 12.8 Å². The van der Waals surface area contributed by atoms with E-state index in [9.17, 15) is 4.79 Å². The van der Waals surface area contributed by atoms with Crippen LogP contribution in [0.25, 0.3) is 0 Å². The summed E-state index contributed by atoms with van der Waals surface area (Å²) in [5.74, 6) is -0.657. The fourth-order valence-electron chi connectivity index (χ4n) is 1.94. The standard InChI is InChI=1S/C14H28O2.2Cr.5H2O/c1-2-3-4-5-6-7-8-9-10-11-12-13-14(15)16;;;;;;;/h2-13H2,1H3,(H,15,16);;;5*1H2. The second-order valence-electron chi connectivity index (χ2n) is 4.68. The zero-order valence-corrected chi connectivity index (χ0v) is 16.7. The molecule has 0 heterocycles. The summed E-state index contributed by atoms with van der Waals surface area (Å²) < 4.78 is 0. The predicted octanol–water partition coefficient (Wildman–Crippen LogP) is 0.644. The summed E-state index contributed by atoms with van der Waals surface area (Å²) in [6.45, 7) is 2.25. The van der Waals surface area contributed by atoms with E-state index in [1.54, 1.807) is 0 Å². The first kappa shape index (κ1) is 49.5. The Labute approximate surface area is 162 Å². The molecule has 0 aliphatic carbocycles. The summed E-state index contributed by atoms with van der Waals surface area (Å²) >= 11 is 0. The van der Waals surface area contributed by atoms with E-state index in [4.69, 9.17) is 5.11 Å². The first-order valence-electron chi connectivity index (χ1n) is 6.99. The van der Waals surface area contributed by atoms with Gasteiger partial charge in [-0.25, -0.2) is 0 Å². The molecule has 0 saturated heterocycles. The molecule has 0 fully saturated rings. The SMILES string of the molecule is CCCCCCCCCCCCCC(=O)O.O.O.O.O.O.[Cr].[Cr]. The van der Waals surface area contributed by atoms with Crippen LogP contribution in [0.4, 0.5) is 0 Å². The van der Waals surface area contributed by atoms with Crippen molar-refractivity contribution in [3.8, 4) is 0 Å². The Bertz CT molecular complexity index is 175. The molecule has 0 aliphatic heterocycles. The Balaban J connectivity index is -0.0000000536. The van der Waals surface area contributed by atoms with Crippen LogP contribution in [-0.4, -0.2) is 38.5 Å². The molecule has 23 heavy (non-hydrogen) atoms. The minimum atomic E-state index is -0.657. The molecule has 0 radical (unpaired) electrons. The van der Waals surface area contributed by atoms with Crippen LogP contribution in [0.15, 0.2) is 0 Å². The molecule has 11 N–H and O–H groups in total. The van der Waals surface area contributed by atoms with Crippen molar-refractivity contribution in [1.29, 1.82) is 0 Å². The molecule has 0 bridgehead atoms. The molecule has 148 valence electrons. The van der Waals surface area contributed by atoms with Crippen molar-refractivity contribution in [1.82, 2.24) is 0 Å². The number of rotatable bonds is 12. The van der Waals surface area contributed by atoms with Crippen molar-refractivity contribution in [2.45, 2.75) is 84.0 Å².